The van der Waals surface area contributed by atoms with Crippen LogP contribution < -0.4 is 4.90 Å². The first-order valence-electron chi connectivity index (χ1n) is 5.87. The maximum absolute atomic E-state index is 13.5. The number of rotatable bonds is 4. The molecule has 0 aromatic heterocycles. The van der Waals surface area contributed by atoms with Gasteiger partial charge in [-0.05, 0) is 29.8 Å². The maximum Gasteiger partial charge on any atom is 0.304 e. The predicted octanol–water partition coefficient (Wildman–Crippen LogP) is 3.51. The molecular formula is C14H12F2N2O2. The number of hydrogen-bond acceptors (Lipinski definition) is 3. The molecule has 4 nitrogen and oxygen atoms in total. The van der Waals surface area contributed by atoms with Gasteiger partial charge in [0, 0.05) is 25.3 Å². The van der Waals surface area contributed by atoms with Crippen LogP contribution in [0.25, 0.3) is 0 Å². The summed E-state index contributed by atoms with van der Waals surface area (Å²) in [6.07, 6.45) is 0. The molecule has 0 fully saturated rings. The van der Waals surface area contributed by atoms with Crippen LogP contribution >= 0.6 is 0 Å². The summed E-state index contributed by atoms with van der Waals surface area (Å²) in [5, 5.41) is 10.5. The van der Waals surface area contributed by atoms with E-state index in [9.17, 15) is 18.9 Å². The number of halogens is 2. The third-order valence-corrected chi connectivity index (χ3v) is 2.88. The highest BCUT2D eigenvalue weighted by Gasteiger charge is 2.14. The van der Waals surface area contributed by atoms with Crippen LogP contribution in [0, 0.1) is 21.7 Å². The summed E-state index contributed by atoms with van der Waals surface area (Å²) in [5.41, 5.74) is 0.658. The minimum absolute atomic E-state index is 0.318. The monoisotopic (exact) mass is 278 g/mol. The van der Waals surface area contributed by atoms with E-state index in [4.69, 9.17) is 0 Å². The van der Waals surface area contributed by atoms with E-state index in [0.29, 0.717) is 17.8 Å². The van der Waals surface area contributed by atoms with Crippen LogP contribution in [0.1, 0.15) is 5.56 Å². The van der Waals surface area contributed by atoms with Crippen LogP contribution in [0.2, 0.25) is 0 Å². The van der Waals surface area contributed by atoms with Gasteiger partial charge in [-0.25, -0.2) is 4.39 Å². The van der Waals surface area contributed by atoms with Crippen molar-refractivity contribution in [2.45, 2.75) is 6.54 Å². The average Bonchev–Trinajstić information content (AvgIpc) is 2.38. The Balaban J connectivity index is 2.18. The summed E-state index contributed by atoms with van der Waals surface area (Å²) in [6, 6.07) is 9.74. The third kappa shape index (κ3) is 3.09. The summed E-state index contributed by atoms with van der Waals surface area (Å²) in [7, 11) is 1.73. The highest BCUT2D eigenvalue weighted by molar-refractivity contribution is 5.46. The molecule has 104 valence electrons. The minimum atomic E-state index is -0.875. The van der Waals surface area contributed by atoms with Crippen molar-refractivity contribution in [1.82, 2.24) is 0 Å². The molecule has 0 spiro atoms. The molecule has 0 amide bonds. The lowest BCUT2D eigenvalue weighted by Gasteiger charge is -2.19. The molecule has 0 saturated heterocycles. The summed E-state index contributed by atoms with van der Waals surface area (Å²) in [6.45, 7) is 0.318. The molecule has 2 rings (SSSR count). The smallest absolute Gasteiger partial charge is 0.304 e. The third-order valence-electron chi connectivity index (χ3n) is 2.88. The Morgan fingerprint density at radius 2 is 1.95 bits per heavy atom. The minimum Gasteiger partial charge on any atom is -0.370 e. The van der Waals surface area contributed by atoms with Gasteiger partial charge in [-0.2, -0.15) is 4.39 Å². The number of nitro benzene ring substituents is 1. The Labute approximate surface area is 114 Å². The van der Waals surface area contributed by atoms with Crippen molar-refractivity contribution in [3.63, 3.8) is 0 Å². The standard InChI is InChI=1S/C14H12F2N2O2/c1-17(12-4-2-3-11(15)8-12)9-10-5-6-14(18(19)20)13(16)7-10/h2-8H,9H2,1H3. The lowest BCUT2D eigenvalue weighted by Crippen LogP contribution is -2.16. The van der Waals surface area contributed by atoms with Crippen molar-refractivity contribution in [2.24, 2.45) is 0 Å². The van der Waals surface area contributed by atoms with Gasteiger partial charge >= 0.3 is 5.69 Å². The Morgan fingerprint density at radius 3 is 2.55 bits per heavy atom. The van der Waals surface area contributed by atoms with Gasteiger partial charge < -0.3 is 4.90 Å². The van der Waals surface area contributed by atoms with E-state index in [2.05, 4.69) is 0 Å². The summed E-state index contributed by atoms with van der Waals surface area (Å²) < 4.78 is 26.6. The first-order chi connectivity index (χ1) is 9.47. The molecule has 0 aliphatic rings. The molecule has 6 heteroatoms. The lowest BCUT2D eigenvalue weighted by molar-refractivity contribution is -0.387. The molecule has 0 heterocycles. The zero-order valence-electron chi connectivity index (χ0n) is 10.7. The fourth-order valence-corrected chi connectivity index (χ4v) is 1.88. The van der Waals surface area contributed by atoms with Gasteiger partial charge in [-0.1, -0.05) is 12.1 Å². The number of nitrogens with zero attached hydrogens (tertiary/aromatic N) is 2. The van der Waals surface area contributed by atoms with Gasteiger partial charge in [0.15, 0.2) is 0 Å². The van der Waals surface area contributed by atoms with Crippen LogP contribution in [-0.4, -0.2) is 12.0 Å². The quantitative estimate of drug-likeness (QED) is 0.635. The second-order valence-electron chi connectivity index (χ2n) is 4.38. The maximum atomic E-state index is 13.5. The first-order valence-corrected chi connectivity index (χ1v) is 5.87. The van der Waals surface area contributed by atoms with E-state index in [1.165, 1.54) is 18.2 Å². The molecule has 0 radical (unpaired) electrons. The van der Waals surface area contributed by atoms with Gasteiger partial charge in [-0.3, -0.25) is 10.1 Å². The Kier molecular flexibility index (Phi) is 3.93. The molecular weight excluding hydrogens is 266 g/mol. The lowest BCUT2D eigenvalue weighted by atomic mass is 10.1. The number of anilines is 1. The van der Waals surface area contributed by atoms with Gasteiger partial charge in [0.1, 0.15) is 5.82 Å². The molecule has 2 aromatic rings. The highest BCUT2D eigenvalue weighted by atomic mass is 19.1. The van der Waals surface area contributed by atoms with E-state index in [0.717, 1.165) is 12.1 Å². The van der Waals surface area contributed by atoms with Crippen molar-refractivity contribution >= 4 is 11.4 Å². The molecule has 0 unspecified atom stereocenters. The fraction of sp³-hybridized carbons (Fsp3) is 0.143. The molecule has 0 aliphatic heterocycles. The van der Waals surface area contributed by atoms with Gasteiger partial charge in [0.25, 0.3) is 0 Å². The summed E-state index contributed by atoms with van der Waals surface area (Å²) >= 11 is 0. The SMILES string of the molecule is CN(Cc1ccc([N+](=O)[O-])c(F)c1)c1cccc(F)c1. The van der Waals surface area contributed by atoms with E-state index in [1.54, 1.807) is 24.1 Å². The van der Waals surface area contributed by atoms with Crippen molar-refractivity contribution < 1.29 is 13.7 Å². The van der Waals surface area contributed by atoms with E-state index >= 15 is 0 Å². The van der Waals surface area contributed by atoms with Gasteiger partial charge in [0.2, 0.25) is 5.82 Å². The van der Waals surface area contributed by atoms with E-state index in [1.807, 2.05) is 0 Å². The topological polar surface area (TPSA) is 46.4 Å². The Morgan fingerprint density at radius 1 is 1.20 bits per heavy atom. The molecule has 0 bridgehead atoms. The van der Waals surface area contributed by atoms with E-state index in [-0.39, 0.29) is 5.82 Å². The van der Waals surface area contributed by atoms with E-state index < -0.39 is 16.4 Å². The van der Waals surface area contributed by atoms with Crippen LogP contribution in [0.3, 0.4) is 0 Å². The first kappa shape index (κ1) is 13.9. The second kappa shape index (κ2) is 5.64. The fourth-order valence-electron chi connectivity index (χ4n) is 1.88. The molecule has 20 heavy (non-hydrogen) atoms. The summed E-state index contributed by atoms with van der Waals surface area (Å²) in [4.78, 5) is 11.5. The highest BCUT2D eigenvalue weighted by Crippen LogP contribution is 2.21. The average molecular weight is 278 g/mol. The molecule has 0 aliphatic carbocycles. The predicted molar refractivity (Wildman–Crippen MR) is 71.6 cm³/mol. The van der Waals surface area contributed by atoms with Crippen molar-refractivity contribution in [1.29, 1.82) is 0 Å². The zero-order chi connectivity index (χ0) is 14.7. The number of benzene rings is 2. The zero-order valence-corrected chi connectivity index (χ0v) is 10.7. The molecule has 0 saturated carbocycles. The molecule has 0 N–H and O–H groups in total. The van der Waals surface area contributed by atoms with Crippen LogP contribution in [-0.2, 0) is 6.54 Å². The van der Waals surface area contributed by atoms with Crippen molar-refractivity contribution in [2.75, 3.05) is 11.9 Å². The molecule has 0 atom stereocenters. The van der Waals surface area contributed by atoms with Gasteiger partial charge in [0.05, 0.1) is 4.92 Å². The van der Waals surface area contributed by atoms with Gasteiger partial charge in [-0.15, -0.1) is 0 Å². The van der Waals surface area contributed by atoms with Crippen molar-refractivity contribution in [3.05, 3.63) is 69.8 Å². The number of nitro groups is 1. The Hall–Kier alpha value is -2.50. The second-order valence-corrected chi connectivity index (χ2v) is 4.38. The normalized spacial score (nSPS) is 10.3. The summed E-state index contributed by atoms with van der Waals surface area (Å²) in [5.74, 6) is -1.23. The largest absolute Gasteiger partial charge is 0.370 e. The van der Waals surface area contributed by atoms with Crippen LogP contribution in [0.5, 0.6) is 0 Å². The van der Waals surface area contributed by atoms with Crippen LogP contribution in [0.4, 0.5) is 20.2 Å². The van der Waals surface area contributed by atoms with Crippen molar-refractivity contribution in [3.8, 4) is 0 Å². The molecule has 2 aromatic carbocycles. The number of hydrogen-bond donors (Lipinski definition) is 0. The Bertz CT molecular complexity index is 647. The van der Waals surface area contributed by atoms with Crippen LogP contribution in [0.15, 0.2) is 42.5 Å².